The Morgan fingerprint density at radius 3 is 2.42 bits per heavy atom. The molecule has 0 aliphatic rings. The number of halogens is 1. The molecule has 0 aliphatic carbocycles. The molecular weight excluding hydrogens is 361 g/mol. The van der Waals surface area contributed by atoms with Crippen LogP contribution in [0.1, 0.15) is 30.2 Å². The third-order valence-electron chi connectivity index (χ3n) is 2.84. The van der Waals surface area contributed by atoms with E-state index in [-0.39, 0.29) is 17.3 Å². The number of oxazole rings is 1. The highest BCUT2D eigenvalue weighted by Crippen LogP contribution is 2.34. The number of aliphatic hydroxyl groups is 1. The van der Waals surface area contributed by atoms with Crippen LogP contribution < -0.4 is 5.73 Å². The Kier molecular flexibility index (Phi) is 6.56. The number of aromatic nitrogens is 2. The molecule has 0 fully saturated rings. The second kappa shape index (κ2) is 8.65. The summed E-state index contributed by atoms with van der Waals surface area (Å²) < 4.78 is 18.5. The molecule has 0 saturated carbocycles. The molecular formula is C17H18FN3O4S. The van der Waals surface area contributed by atoms with E-state index in [2.05, 4.69) is 9.97 Å². The lowest BCUT2D eigenvalue weighted by molar-refractivity contribution is 0.0691. The normalized spacial score (nSPS) is 10.5. The highest BCUT2D eigenvalue weighted by atomic mass is 32.1. The van der Waals surface area contributed by atoms with Gasteiger partial charge in [0.05, 0.1) is 0 Å². The first kappa shape index (κ1) is 19.7. The summed E-state index contributed by atoms with van der Waals surface area (Å²) in [6.07, 6.45) is 0. The zero-order chi connectivity index (χ0) is 19.3. The van der Waals surface area contributed by atoms with Crippen molar-refractivity contribution in [1.82, 2.24) is 9.97 Å². The second-order valence-electron chi connectivity index (χ2n) is 5.54. The first-order valence-corrected chi connectivity index (χ1v) is 8.51. The summed E-state index contributed by atoms with van der Waals surface area (Å²) in [6.45, 7) is 3.48. The first-order valence-electron chi connectivity index (χ1n) is 7.63. The number of hydrogen-bond acceptors (Lipinski definition) is 7. The van der Waals surface area contributed by atoms with Crippen LogP contribution >= 0.6 is 11.3 Å². The Labute approximate surface area is 153 Å². The predicted octanol–water partition coefficient (Wildman–Crippen LogP) is 3.15. The van der Waals surface area contributed by atoms with Gasteiger partial charge in [-0.15, -0.1) is 11.3 Å². The van der Waals surface area contributed by atoms with Crippen molar-refractivity contribution < 1.29 is 23.8 Å². The van der Waals surface area contributed by atoms with Gasteiger partial charge in [0.15, 0.2) is 16.5 Å². The molecule has 26 heavy (non-hydrogen) atoms. The van der Waals surface area contributed by atoms with Crippen molar-refractivity contribution in [2.75, 3.05) is 0 Å². The van der Waals surface area contributed by atoms with Crippen LogP contribution in [0.4, 0.5) is 4.39 Å². The van der Waals surface area contributed by atoms with E-state index in [1.54, 1.807) is 0 Å². The van der Waals surface area contributed by atoms with Crippen LogP contribution in [0.15, 0.2) is 34.1 Å². The first-order chi connectivity index (χ1) is 12.3. The highest BCUT2D eigenvalue weighted by Gasteiger charge is 2.20. The molecule has 9 heteroatoms. The van der Waals surface area contributed by atoms with Gasteiger partial charge in [-0.05, 0) is 30.3 Å². The van der Waals surface area contributed by atoms with Gasteiger partial charge in [0.25, 0.3) is 0 Å². The van der Waals surface area contributed by atoms with Crippen LogP contribution in [0.25, 0.3) is 22.0 Å². The third kappa shape index (κ3) is 4.94. The van der Waals surface area contributed by atoms with E-state index < -0.39 is 18.4 Å². The van der Waals surface area contributed by atoms with Crippen molar-refractivity contribution >= 4 is 17.3 Å². The van der Waals surface area contributed by atoms with Gasteiger partial charge < -0.3 is 20.4 Å². The maximum absolute atomic E-state index is 13.0. The Morgan fingerprint density at radius 2 is 1.92 bits per heavy atom. The van der Waals surface area contributed by atoms with E-state index in [4.69, 9.17) is 15.3 Å². The molecule has 7 nitrogen and oxygen atoms in total. The molecule has 2 heterocycles. The Balaban J connectivity index is 0.000000552. The second-order valence-corrected chi connectivity index (χ2v) is 6.40. The van der Waals surface area contributed by atoms with Crippen LogP contribution in [-0.2, 0) is 6.61 Å². The van der Waals surface area contributed by atoms with E-state index in [0.717, 1.165) is 11.3 Å². The number of carbonyl (C=O) groups is 1. The molecule has 0 amide bonds. The minimum Gasteiger partial charge on any atom is -0.476 e. The smallest absolute Gasteiger partial charge is 0.355 e. The van der Waals surface area contributed by atoms with Crippen molar-refractivity contribution in [1.29, 1.82) is 0 Å². The number of hydrogen-bond donors (Lipinski definition) is 3. The average molecular weight is 379 g/mol. The average Bonchev–Trinajstić information content (AvgIpc) is 3.22. The van der Waals surface area contributed by atoms with Crippen molar-refractivity contribution in [3.63, 3.8) is 0 Å². The van der Waals surface area contributed by atoms with Crippen molar-refractivity contribution in [2.24, 2.45) is 5.73 Å². The maximum atomic E-state index is 13.0. The number of thiazole rings is 1. The van der Waals surface area contributed by atoms with Gasteiger partial charge in [-0.25, -0.2) is 19.2 Å². The molecule has 1 aromatic carbocycles. The lowest BCUT2D eigenvalue weighted by Gasteiger charge is -1.98. The van der Waals surface area contributed by atoms with Gasteiger partial charge in [-0.3, -0.25) is 0 Å². The summed E-state index contributed by atoms with van der Waals surface area (Å²) in [4.78, 5) is 19.0. The predicted molar refractivity (Wildman–Crippen MR) is 95.2 cm³/mol. The van der Waals surface area contributed by atoms with E-state index in [1.165, 1.54) is 29.6 Å². The highest BCUT2D eigenvalue weighted by molar-refractivity contribution is 7.13. The molecule has 0 saturated heterocycles. The van der Waals surface area contributed by atoms with Crippen molar-refractivity contribution in [2.45, 2.75) is 26.5 Å². The van der Waals surface area contributed by atoms with Crippen LogP contribution in [0.5, 0.6) is 0 Å². The fraction of sp³-hybridized carbons (Fsp3) is 0.235. The zero-order valence-corrected chi connectivity index (χ0v) is 15.0. The number of carboxylic acid groups (broad SMARTS) is 1. The Bertz CT molecular complexity index is 872. The van der Waals surface area contributed by atoms with E-state index in [1.807, 2.05) is 13.8 Å². The summed E-state index contributed by atoms with van der Waals surface area (Å²) >= 11 is 1.09. The minimum absolute atomic E-state index is 0.0707. The van der Waals surface area contributed by atoms with Gasteiger partial charge in [0, 0.05) is 10.9 Å². The number of aromatic carboxylic acids is 1. The summed E-state index contributed by atoms with van der Waals surface area (Å²) in [5.74, 6) is -1.22. The van der Waals surface area contributed by atoms with E-state index in [9.17, 15) is 14.3 Å². The fourth-order valence-corrected chi connectivity index (χ4v) is 2.63. The number of nitrogens with zero attached hydrogens (tertiary/aromatic N) is 2. The van der Waals surface area contributed by atoms with Crippen molar-refractivity contribution in [3.8, 4) is 22.0 Å². The van der Waals surface area contributed by atoms with Gasteiger partial charge >= 0.3 is 5.97 Å². The van der Waals surface area contributed by atoms with Gasteiger partial charge in [0.1, 0.15) is 18.1 Å². The number of benzene rings is 1. The fourth-order valence-electron chi connectivity index (χ4n) is 1.86. The minimum atomic E-state index is -1.15. The molecule has 0 radical (unpaired) electrons. The molecule has 4 N–H and O–H groups in total. The van der Waals surface area contributed by atoms with Gasteiger partial charge in [-0.2, -0.15) is 0 Å². The number of aliphatic hydroxyl groups excluding tert-OH is 1. The van der Waals surface area contributed by atoms with Gasteiger partial charge in [-0.1, -0.05) is 13.8 Å². The largest absolute Gasteiger partial charge is 0.476 e. The molecule has 0 unspecified atom stereocenters. The SMILES string of the molecule is CC(C)N.O=C(O)c1csc(-c2oc(CO)nc2-c2ccc(F)cc2)n1. The molecule has 0 atom stereocenters. The molecule has 3 aromatic rings. The van der Waals surface area contributed by atoms with Crippen molar-refractivity contribution in [3.05, 3.63) is 47.0 Å². The molecule has 138 valence electrons. The lowest BCUT2D eigenvalue weighted by atomic mass is 10.1. The van der Waals surface area contributed by atoms with Crippen LogP contribution in [0.2, 0.25) is 0 Å². The lowest BCUT2D eigenvalue weighted by Crippen LogP contribution is -2.06. The summed E-state index contributed by atoms with van der Waals surface area (Å²) in [6, 6.07) is 5.92. The Hall–Kier alpha value is -2.62. The molecule has 0 aliphatic heterocycles. The number of rotatable bonds is 4. The molecule has 0 bridgehead atoms. The summed E-state index contributed by atoms with van der Waals surface area (Å²) in [7, 11) is 0. The molecule has 0 spiro atoms. The molecule has 3 rings (SSSR count). The van der Waals surface area contributed by atoms with Crippen LogP contribution in [0.3, 0.4) is 0 Å². The van der Waals surface area contributed by atoms with Crippen LogP contribution in [-0.4, -0.2) is 32.2 Å². The standard InChI is InChI=1S/C14H9FN2O4S.C3H9N/c15-8-3-1-7(2-4-8)11-12(21-10(5-18)17-11)13-16-9(6-22-13)14(19)20;1-3(2)4/h1-4,6,18H,5H2,(H,19,20);3H,4H2,1-2H3. The summed E-state index contributed by atoms with van der Waals surface area (Å²) in [5.41, 5.74) is 5.95. The van der Waals surface area contributed by atoms with Crippen LogP contribution in [0, 0.1) is 5.82 Å². The summed E-state index contributed by atoms with van der Waals surface area (Å²) in [5, 5.41) is 19.8. The third-order valence-corrected chi connectivity index (χ3v) is 3.68. The maximum Gasteiger partial charge on any atom is 0.355 e. The zero-order valence-electron chi connectivity index (χ0n) is 14.1. The van der Waals surface area contributed by atoms with E-state index >= 15 is 0 Å². The number of nitrogens with two attached hydrogens (primary N) is 1. The van der Waals surface area contributed by atoms with E-state index in [0.29, 0.717) is 22.3 Å². The monoisotopic (exact) mass is 379 g/mol. The molecule has 2 aromatic heterocycles. The topological polar surface area (TPSA) is 122 Å². The Morgan fingerprint density at radius 1 is 1.31 bits per heavy atom. The number of carboxylic acids is 1. The quantitative estimate of drug-likeness (QED) is 0.636. The van der Waals surface area contributed by atoms with Gasteiger partial charge in [0.2, 0.25) is 5.89 Å².